The summed E-state index contributed by atoms with van der Waals surface area (Å²) in [5.41, 5.74) is -0.688. The summed E-state index contributed by atoms with van der Waals surface area (Å²) in [6.07, 6.45) is 0. The highest BCUT2D eigenvalue weighted by Gasteiger charge is 2.45. The monoisotopic (exact) mass is 372 g/mol. The van der Waals surface area contributed by atoms with E-state index in [4.69, 9.17) is 0 Å². The first-order chi connectivity index (χ1) is 12.2. The van der Waals surface area contributed by atoms with Crippen LogP contribution in [0.3, 0.4) is 0 Å². The minimum absolute atomic E-state index is 0.0528. The van der Waals surface area contributed by atoms with Gasteiger partial charge in [0.2, 0.25) is 11.8 Å². The van der Waals surface area contributed by atoms with E-state index in [0.717, 1.165) is 11.8 Å². The molecule has 2 atom stereocenters. The molecule has 1 aliphatic rings. The lowest BCUT2D eigenvalue weighted by Gasteiger charge is -2.35. The number of nitriles is 2. The number of nitrogens with one attached hydrogen (secondary N) is 2. The van der Waals surface area contributed by atoms with Crippen LogP contribution < -0.4 is 10.6 Å². The lowest BCUT2D eigenvalue weighted by molar-refractivity contribution is -0.125. The second kappa shape index (κ2) is 7.59. The number of hydrogen-bond acceptors (Lipinski definition) is 5. The van der Waals surface area contributed by atoms with Gasteiger partial charge >= 0.3 is 0 Å². The van der Waals surface area contributed by atoms with Gasteiger partial charge in [0.05, 0.1) is 33.7 Å². The number of benzene rings is 1. The van der Waals surface area contributed by atoms with Crippen molar-refractivity contribution in [1.82, 2.24) is 5.32 Å². The summed E-state index contributed by atoms with van der Waals surface area (Å²) in [6, 6.07) is 9.73. The van der Waals surface area contributed by atoms with Crippen LogP contribution in [0.1, 0.15) is 20.8 Å². The third kappa shape index (κ3) is 3.71. The molecule has 2 N–H and O–H groups in total. The highest BCUT2D eigenvalue weighted by atomic mass is 32.2. The molecule has 0 aromatic heterocycles. The maximum atomic E-state index is 13.7. The van der Waals surface area contributed by atoms with Crippen molar-refractivity contribution in [3.05, 3.63) is 40.7 Å². The molecule has 0 radical (unpaired) electrons. The average Bonchev–Trinajstić information content (AvgIpc) is 2.56. The van der Waals surface area contributed by atoms with Crippen molar-refractivity contribution in [1.29, 1.82) is 10.5 Å². The van der Waals surface area contributed by atoms with Gasteiger partial charge in [-0.05, 0) is 19.1 Å². The first kappa shape index (κ1) is 19.5. The number of hydrogen-bond donors (Lipinski definition) is 2. The van der Waals surface area contributed by atoms with Gasteiger partial charge in [0, 0.05) is 5.41 Å². The Hall–Kier alpha value is -2.84. The van der Waals surface area contributed by atoms with Crippen LogP contribution >= 0.6 is 11.8 Å². The maximum absolute atomic E-state index is 13.7. The molecule has 0 unspecified atom stereocenters. The molecular weight excluding hydrogens is 355 g/mol. The Morgan fingerprint density at radius 1 is 1.38 bits per heavy atom. The van der Waals surface area contributed by atoms with Gasteiger partial charge in [0.1, 0.15) is 11.7 Å². The summed E-state index contributed by atoms with van der Waals surface area (Å²) in [7, 11) is 0. The number of para-hydroxylation sites is 1. The Kier molecular flexibility index (Phi) is 5.69. The van der Waals surface area contributed by atoms with Gasteiger partial charge in [0.15, 0.2) is 0 Å². The van der Waals surface area contributed by atoms with Crippen molar-refractivity contribution in [3.63, 3.8) is 0 Å². The van der Waals surface area contributed by atoms with E-state index in [1.165, 1.54) is 18.2 Å². The number of carbonyl (C=O) groups excluding carboxylic acids is 2. The van der Waals surface area contributed by atoms with Crippen LogP contribution in [0.2, 0.25) is 0 Å². The number of allylic oxidation sites excluding steroid dienone is 1. The quantitative estimate of drug-likeness (QED) is 0.845. The molecule has 26 heavy (non-hydrogen) atoms. The maximum Gasteiger partial charge on any atom is 0.243 e. The van der Waals surface area contributed by atoms with Crippen molar-refractivity contribution in [2.24, 2.45) is 11.3 Å². The number of nitrogens with zero attached hydrogens (tertiary/aromatic N) is 2. The third-order valence-electron chi connectivity index (χ3n) is 4.13. The van der Waals surface area contributed by atoms with E-state index >= 15 is 0 Å². The zero-order chi connectivity index (χ0) is 19.5. The molecule has 6 nitrogen and oxygen atoms in total. The first-order valence-electron chi connectivity index (χ1n) is 7.79. The Labute approximate surface area is 155 Å². The number of anilines is 1. The van der Waals surface area contributed by atoms with E-state index in [0.29, 0.717) is 0 Å². The lowest BCUT2D eigenvalue weighted by atomic mass is 9.72. The van der Waals surface area contributed by atoms with Crippen LogP contribution in [0.25, 0.3) is 0 Å². The van der Waals surface area contributed by atoms with Gasteiger partial charge in [-0.25, -0.2) is 4.39 Å². The van der Waals surface area contributed by atoms with Crippen molar-refractivity contribution >= 4 is 29.3 Å². The third-order valence-corrected chi connectivity index (χ3v) is 5.24. The summed E-state index contributed by atoms with van der Waals surface area (Å²) in [4.78, 5) is 24.5. The summed E-state index contributed by atoms with van der Waals surface area (Å²) in [5, 5.41) is 23.2. The Bertz CT molecular complexity index is 867. The topological polar surface area (TPSA) is 106 Å². The second-order valence-corrected chi connectivity index (χ2v) is 7.67. The summed E-state index contributed by atoms with van der Waals surface area (Å²) >= 11 is 0.986. The predicted octanol–water partition coefficient (Wildman–Crippen LogP) is 2.92. The minimum atomic E-state index is -0.996. The largest absolute Gasteiger partial charge is 0.323 e. The number of halogens is 1. The molecule has 0 spiro atoms. The SMILES string of the molecule is C[C@H](SC1=C(C#N)C(C)(C)[C@H](C#N)C(=O)N1)C(=O)Nc1ccccc1F. The number of rotatable bonds is 4. The van der Waals surface area contributed by atoms with E-state index in [2.05, 4.69) is 10.6 Å². The van der Waals surface area contributed by atoms with Crippen LogP contribution in [0, 0.1) is 39.8 Å². The Morgan fingerprint density at radius 3 is 2.62 bits per heavy atom. The zero-order valence-electron chi connectivity index (χ0n) is 14.5. The standard InChI is InChI=1S/C18H17FN4O2S/c1-10(15(24)22-14-7-5-4-6-13(14)19)26-17-12(9-21)18(2,3)11(8-20)16(25)23-17/h4-7,10-11H,1-3H3,(H,22,24)(H,23,25)/t10-,11+/m0/s1. The first-order valence-corrected chi connectivity index (χ1v) is 8.67. The van der Waals surface area contributed by atoms with Gasteiger partial charge in [-0.1, -0.05) is 37.7 Å². The van der Waals surface area contributed by atoms with Crippen molar-refractivity contribution in [2.45, 2.75) is 26.0 Å². The molecule has 1 aromatic rings. The highest BCUT2D eigenvalue weighted by molar-refractivity contribution is 8.04. The number of carbonyl (C=O) groups is 2. The van der Waals surface area contributed by atoms with E-state index in [9.17, 15) is 24.5 Å². The van der Waals surface area contributed by atoms with Crippen LogP contribution in [0.15, 0.2) is 34.9 Å². The molecule has 1 aliphatic heterocycles. The van der Waals surface area contributed by atoms with Gasteiger partial charge in [-0.15, -0.1) is 0 Å². The molecule has 8 heteroatoms. The summed E-state index contributed by atoms with van der Waals surface area (Å²) in [5.74, 6) is -2.54. The second-order valence-electron chi connectivity index (χ2n) is 6.32. The fourth-order valence-electron chi connectivity index (χ4n) is 2.54. The average molecular weight is 372 g/mol. The van der Waals surface area contributed by atoms with Gasteiger partial charge in [-0.2, -0.15) is 10.5 Å². The van der Waals surface area contributed by atoms with Crippen LogP contribution in [0.4, 0.5) is 10.1 Å². The van der Waals surface area contributed by atoms with E-state index in [1.54, 1.807) is 26.8 Å². The zero-order valence-corrected chi connectivity index (χ0v) is 15.3. The molecule has 0 fully saturated rings. The molecule has 0 aliphatic carbocycles. The van der Waals surface area contributed by atoms with Crippen molar-refractivity contribution in [2.75, 3.05) is 5.32 Å². The Balaban J connectivity index is 2.23. The minimum Gasteiger partial charge on any atom is -0.323 e. The fraction of sp³-hybridized carbons (Fsp3) is 0.333. The molecule has 2 amide bonds. The van der Waals surface area contributed by atoms with Gasteiger partial charge < -0.3 is 10.6 Å². The smallest absolute Gasteiger partial charge is 0.243 e. The molecule has 1 heterocycles. The molecule has 0 saturated carbocycles. The summed E-state index contributed by atoms with van der Waals surface area (Å²) < 4.78 is 13.7. The molecule has 134 valence electrons. The number of amides is 2. The fourth-order valence-corrected chi connectivity index (χ4v) is 3.65. The van der Waals surface area contributed by atoms with E-state index < -0.39 is 34.2 Å². The molecule has 1 aromatic carbocycles. The molecule has 2 rings (SSSR count). The van der Waals surface area contributed by atoms with Crippen LogP contribution in [-0.4, -0.2) is 17.1 Å². The predicted molar refractivity (Wildman–Crippen MR) is 95.7 cm³/mol. The molecular formula is C18H17FN4O2S. The molecule has 0 bridgehead atoms. The van der Waals surface area contributed by atoms with E-state index in [1.807, 2.05) is 12.1 Å². The van der Waals surface area contributed by atoms with Crippen LogP contribution in [-0.2, 0) is 9.59 Å². The Morgan fingerprint density at radius 2 is 2.04 bits per heavy atom. The van der Waals surface area contributed by atoms with Crippen molar-refractivity contribution in [3.8, 4) is 12.1 Å². The normalized spacial score (nSPS) is 19.8. The number of thioether (sulfide) groups is 1. The van der Waals surface area contributed by atoms with Gasteiger partial charge in [0.25, 0.3) is 0 Å². The van der Waals surface area contributed by atoms with E-state index in [-0.39, 0.29) is 16.3 Å². The van der Waals surface area contributed by atoms with Crippen LogP contribution in [0.5, 0.6) is 0 Å². The lowest BCUT2D eigenvalue weighted by Crippen LogP contribution is -2.45. The highest BCUT2D eigenvalue weighted by Crippen LogP contribution is 2.42. The van der Waals surface area contributed by atoms with Crippen molar-refractivity contribution < 1.29 is 14.0 Å². The molecule has 0 saturated heterocycles. The summed E-state index contributed by atoms with van der Waals surface area (Å²) in [6.45, 7) is 4.87. The van der Waals surface area contributed by atoms with Gasteiger partial charge in [-0.3, -0.25) is 9.59 Å².